The van der Waals surface area contributed by atoms with Gasteiger partial charge in [-0.05, 0) is 43.4 Å². The first-order chi connectivity index (χ1) is 12.4. The zero-order valence-electron chi connectivity index (χ0n) is 14.4. The lowest BCUT2D eigenvalue weighted by Crippen LogP contribution is -2.43. The second-order valence-corrected chi connectivity index (χ2v) is 7.61. The molecule has 3 rings (SSSR count). The number of piperidine rings is 1. The predicted octanol–water partition coefficient (Wildman–Crippen LogP) is 1.66. The van der Waals surface area contributed by atoms with Gasteiger partial charge in [-0.25, -0.2) is 4.98 Å². The standard InChI is InChI=1S/C18H21BrN4O3/c19-13-4-5-15-14(8-13)18(26)23(11-21-15)10-17(25)22-7-1-2-12(9-22)3-6-16(20)24/h4-5,8,11-12H,1-3,6-7,9-10H2,(H2,20,24). The SMILES string of the molecule is NC(=O)CCC1CCCN(C(=O)Cn2cnc3ccc(Br)cc3c2=O)C1. The number of carbonyl (C=O) groups is 2. The zero-order valence-corrected chi connectivity index (χ0v) is 15.9. The van der Waals surface area contributed by atoms with Crippen LogP contribution in [0.5, 0.6) is 0 Å². The third kappa shape index (κ3) is 4.30. The summed E-state index contributed by atoms with van der Waals surface area (Å²) in [6.45, 7) is 1.25. The fraction of sp³-hybridized carbons (Fsp3) is 0.444. The summed E-state index contributed by atoms with van der Waals surface area (Å²) in [6, 6.07) is 5.30. The number of nitrogens with two attached hydrogens (primary N) is 1. The molecule has 8 heteroatoms. The summed E-state index contributed by atoms with van der Waals surface area (Å²) >= 11 is 3.35. The van der Waals surface area contributed by atoms with Crippen molar-refractivity contribution in [2.24, 2.45) is 11.7 Å². The number of hydrogen-bond donors (Lipinski definition) is 1. The first-order valence-corrected chi connectivity index (χ1v) is 9.44. The minimum atomic E-state index is -0.312. The summed E-state index contributed by atoms with van der Waals surface area (Å²) in [6.07, 6.45) is 4.35. The number of benzene rings is 1. The normalized spacial score (nSPS) is 17.4. The van der Waals surface area contributed by atoms with E-state index < -0.39 is 0 Å². The van der Waals surface area contributed by atoms with Crippen LogP contribution in [-0.4, -0.2) is 39.4 Å². The van der Waals surface area contributed by atoms with Gasteiger partial charge in [-0.3, -0.25) is 19.0 Å². The number of rotatable bonds is 5. The van der Waals surface area contributed by atoms with Crippen molar-refractivity contribution in [3.8, 4) is 0 Å². The molecule has 1 saturated heterocycles. The Balaban J connectivity index is 1.71. The van der Waals surface area contributed by atoms with Crippen LogP contribution in [0.3, 0.4) is 0 Å². The molecule has 2 heterocycles. The smallest absolute Gasteiger partial charge is 0.261 e. The summed E-state index contributed by atoms with van der Waals surface area (Å²) in [4.78, 5) is 42.3. The Morgan fingerprint density at radius 1 is 1.35 bits per heavy atom. The lowest BCUT2D eigenvalue weighted by Gasteiger charge is -2.32. The van der Waals surface area contributed by atoms with Crippen LogP contribution in [0.1, 0.15) is 25.7 Å². The van der Waals surface area contributed by atoms with E-state index in [2.05, 4.69) is 20.9 Å². The molecule has 26 heavy (non-hydrogen) atoms. The van der Waals surface area contributed by atoms with Crippen molar-refractivity contribution in [2.75, 3.05) is 13.1 Å². The van der Waals surface area contributed by atoms with Crippen LogP contribution in [0.2, 0.25) is 0 Å². The van der Waals surface area contributed by atoms with E-state index in [1.54, 1.807) is 17.0 Å². The van der Waals surface area contributed by atoms with Gasteiger partial charge in [0.2, 0.25) is 11.8 Å². The molecule has 0 bridgehead atoms. The largest absolute Gasteiger partial charge is 0.370 e. The number of amides is 2. The molecule has 1 aromatic heterocycles. The van der Waals surface area contributed by atoms with Gasteiger partial charge in [-0.1, -0.05) is 15.9 Å². The summed E-state index contributed by atoms with van der Waals surface area (Å²) in [5.74, 6) is -0.136. The average molecular weight is 421 g/mol. The van der Waals surface area contributed by atoms with E-state index in [4.69, 9.17) is 5.73 Å². The molecule has 1 aromatic carbocycles. The topological polar surface area (TPSA) is 98.3 Å². The van der Waals surface area contributed by atoms with Crippen LogP contribution >= 0.6 is 15.9 Å². The Kier molecular flexibility index (Phi) is 5.70. The number of fused-ring (bicyclic) bond motifs is 1. The minimum absolute atomic E-state index is 0.0309. The van der Waals surface area contributed by atoms with Gasteiger partial charge in [0.1, 0.15) is 6.54 Å². The van der Waals surface area contributed by atoms with Crippen LogP contribution in [0.25, 0.3) is 10.9 Å². The van der Waals surface area contributed by atoms with Crippen LogP contribution in [0, 0.1) is 5.92 Å². The molecule has 7 nitrogen and oxygen atoms in total. The highest BCUT2D eigenvalue weighted by molar-refractivity contribution is 9.10. The number of nitrogens with zero attached hydrogens (tertiary/aromatic N) is 3. The second-order valence-electron chi connectivity index (χ2n) is 6.69. The van der Waals surface area contributed by atoms with Crippen molar-refractivity contribution < 1.29 is 9.59 Å². The van der Waals surface area contributed by atoms with Crippen molar-refractivity contribution in [1.82, 2.24) is 14.5 Å². The second kappa shape index (κ2) is 7.99. The van der Waals surface area contributed by atoms with E-state index in [0.29, 0.717) is 36.8 Å². The van der Waals surface area contributed by atoms with Crippen molar-refractivity contribution in [2.45, 2.75) is 32.2 Å². The van der Waals surface area contributed by atoms with E-state index in [1.807, 2.05) is 6.07 Å². The van der Waals surface area contributed by atoms with E-state index in [-0.39, 0.29) is 29.8 Å². The first-order valence-electron chi connectivity index (χ1n) is 8.65. The quantitative estimate of drug-likeness (QED) is 0.794. The van der Waals surface area contributed by atoms with Gasteiger partial charge in [0.25, 0.3) is 5.56 Å². The van der Waals surface area contributed by atoms with Crippen LogP contribution < -0.4 is 11.3 Å². The Labute approximate surface area is 159 Å². The third-order valence-electron chi connectivity index (χ3n) is 4.76. The summed E-state index contributed by atoms with van der Waals surface area (Å²) in [7, 11) is 0. The molecule has 2 N–H and O–H groups in total. The molecule has 0 aliphatic carbocycles. The third-order valence-corrected chi connectivity index (χ3v) is 5.26. The van der Waals surface area contributed by atoms with E-state index in [0.717, 1.165) is 17.3 Å². The Hall–Kier alpha value is -2.22. The van der Waals surface area contributed by atoms with Gasteiger partial charge in [0, 0.05) is 24.0 Å². The molecule has 2 aromatic rings. The highest BCUT2D eigenvalue weighted by Gasteiger charge is 2.24. The molecule has 1 unspecified atom stereocenters. The maximum atomic E-state index is 12.6. The maximum absolute atomic E-state index is 12.6. The fourth-order valence-corrected chi connectivity index (χ4v) is 3.72. The number of hydrogen-bond acceptors (Lipinski definition) is 4. The summed E-state index contributed by atoms with van der Waals surface area (Å²) in [5, 5.41) is 0.479. The molecular formula is C18H21BrN4O3. The Morgan fingerprint density at radius 2 is 2.15 bits per heavy atom. The fourth-order valence-electron chi connectivity index (χ4n) is 3.36. The van der Waals surface area contributed by atoms with Crippen LogP contribution in [-0.2, 0) is 16.1 Å². The van der Waals surface area contributed by atoms with Crippen LogP contribution in [0.15, 0.2) is 33.8 Å². The molecule has 1 aliphatic heterocycles. The number of likely N-dealkylation sites (tertiary alicyclic amines) is 1. The predicted molar refractivity (Wildman–Crippen MR) is 101 cm³/mol. The number of carbonyl (C=O) groups excluding carboxylic acids is 2. The summed E-state index contributed by atoms with van der Waals surface area (Å²) < 4.78 is 2.14. The Morgan fingerprint density at radius 3 is 2.92 bits per heavy atom. The van der Waals surface area contributed by atoms with Gasteiger partial charge in [-0.15, -0.1) is 0 Å². The highest BCUT2D eigenvalue weighted by Crippen LogP contribution is 2.21. The molecule has 1 fully saturated rings. The van der Waals surface area contributed by atoms with Crippen molar-refractivity contribution in [1.29, 1.82) is 0 Å². The number of halogens is 1. The van der Waals surface area contributed by atoms with Crippen molar-refractivity contribution >= 4 is 38.6 Å². The zero-order chi connectivity index (χ0) is 18.7. The minimum Gasteiger partial charge on any atom is -0.370 e. The van der Waals surface area contributed by atoms with Crippen molar-refractivity contribution in [3.05, 3.63) is 39.4 Å². The van der Waals surface area contributed by atoms with Gasteiger partial charge >= 0.3 is 0 Å². The van der Waals surface area contributed by atoms with Gasteiger partial charge in [-0.2, -0.15) is 0 Å². The average Bonchev–Trinajstić information content (AvgIpc) is 2.63. The van der Waals surface area contributed by atoms with Crippen molar-refractivity contribution in [3.63, 3.8) is 0 Å². The Bertz CT molecular complexity index is 896. The van der Waals surface area contributed by atoms with E-state index in [1.165, 1.54) is 10.9 Å². The molecule has 1 aliphatic rings. The van der Waals surface area contributed by atoms with E-state index >= 15 is 0 Å². The summed E-state index contributed by atoms with van der Waals surface area (Å²) in [5.41, 5.74) is 5.58. The lowest BCUT2D eigenvalue weighted by atomic mass is 9.93. The number of aromatic nitrogens is 2. The van der Waals surface area contributed by atoms with Gasteiger partial charge in [0.15, 0.2) is 0 Å². The molecule has 0 radical (unpaired) electrons. The van der Waals surface area contributed by atoms with Crippen LogP contribution in [0.4, 0.5) is 0 Å². The lowest BCUT2D eigenvalue weighted by molar-refractivity contribution is -0.133. The maximum Gasteiger partial charge on any atom is 0.261 e. The molecule has 1 atom stereocenters. The molecule has 138 valence electrons. The molecule has 0 saturated carbocycles. The highest BCUT2D eigenvalue weighted by atomic mass is 79.9. The molecular weight excluding hydrogens is 400 g/mol. The molecule has 0 spiro atoms. The van der Waals surface area contributed by atoms with Gasteiger partial charge < -0.3 is 10.6 Å². The van der Waals surface area contributed by atoms with Gasteiger partial charge in [0.05, 0.1) is 17.2 Å². The monoisotopic (exact) mass is 420 g/mol. The van der Waals surface area contributed by atoms with E-state index in [9.17, 15) is 14.4 Å². The number of primary amides is 1. The molecule has 2 amide bonds. The first kappa shape index (κ1) is 18.6.